The summed E-state index contributed by atoms with van der Waals surface area (Å²) in [6, 6.07) is 0. The molecule has 0 N–H and O–H groups in total. The van der Waals surface area contributed by atoms with E-state index < -0.39 is 0 Å². The Morgan fingerprint density at radius 3 is 2.00 bits per heavy atom. The van der Waals surface area contributed by atoms with E-state index in [-0.39, 0.29) is 0 Å². The highest BCUT2D eigenvalue weighted by atomic mass is 14.6. The van der Waals surface area contributed by atoms with Crippen LogP contribution in [0.1, 0.15) is 59.3 Å². The maximum absolute atomic E-state index is 2.53. The first-order valence-electron chi connectivity index (χ1n) is 8.30. The van der Waals surface area contributed by atoms with Crippen molar-refractivity contribution in [2.45, 2.75) is 64.5 Å². The summed E-state index contributed by atoms with van der Waals surface area (Å²) in [5.41, 5.74) is 0.447. The molecule has 0 nitrogen and oxygen atoms in total. The standard InChI is InChI=1S/C16H30B2/c1-15(2,3)16(17,18)12-6-7-13-10-4-5-11(8-10)14(13)9-12/h10-14H,4-9,17-18H2,1-3H3. The largest absolute Gasteiger partial charge is 0.100 e. The molecule has 3 aliphatic rings. The molecule has 5 atom stereocenters. The highest BCUT2D eigenvalue weighted by Gasteiger charge is 2.52. The van der Waals surface area contributed by atoms with Gasteiger partial charge in [-0.3, -0.25) is 0 Å². The van der Waals surface area contributed by atoms with E-state index in [9.17, 15) is 0 Å². The fraction of sp³-hybridized carbons (Fsp3) is 1.00. The van der Waals surface area contributed by atoms with Crippen LogP contribution in [0.2, 0.25) is 5.21 Å². The van der Waals surface area contributed by atoms with Gasteiger partial charge >= 0.3 is 0 Å². The maximum Gasteiger partial charge on any atom is 0.100 e. The zero-order valence-electron chi connectivity index (χ0n) is 13.1. The smallest absolute Gasteiger partial charge is 0.0771 e. The third-order valence-electron chi connectivity index (χ3n) is 7.63. The lowest BCUT2D eigenvalue weighted by Crippen LogP contribution is -2.42. The van der Waals surface area contributed by atoms with E-state index in [0.29, 0.717) is 10.6 Å². The van der Waals surface area contributed by atoms with Crippen molar-refractivity contribution in [3.05, 3.63) is 0 Å². The highest BCUT2D eigenvalue weighted by molar-refractivity contribution is 6.40. The van der Waals surface area contributed by atoms with Crippen molar-refractivity contribution in [3.8, 4) is 0 Å². The number of rotatable bonds is 1. The van der Waals surface area contributed by atoms with Crippen LogP contribution < -0.4 is 0 Å². The van der Waals surface area contributed by atoms with Crippen LogP contribution in [0.15, 0.2) is 0 Å². The molecule has 0 radical (unpaired) electrons. The van der Waals surface area contributed by atoms with Gasteiger partial charge in [-0.1, -0.05) is 32.4 Å². The number of hydrogen-bond donors (Lipinski definition) is 0. The fourth-order valence-electron chi connectivity index (χ4n) is 5.45. The summed E-state index contributed by atoms with van der Waals surface area (Å²) >= 11 is 0. The van der Waals surface area contributed by atoms with Gasteiger partial charge in [0.25, 0.3) is 0 Å². The van der Waals surface area contributed by atoms with Gasteiger partial charge in [-0.2, -0.15) is 0 Å². The van der Waals surface area contributed by atoms with Gasteiger partial charge < -0.3 is 0 Å². The van der Waals surface area contributed by atoms with Crippen molar-refractivity contribution < 1.29 is 0 Å². The molecule has 3 fully saturated rings. The fourth-order valence-corrected chi connectivity index (χ4v) is 5.45. The van der Waals surface area contributed by atoms with Gasteiger partial charge in [0.2, 0.25) is 0 Å². The SMILES string of the molecule is BC(B)(C1CCC2C3CCC(C3)C2C1)C(C)(C)C. The van der Waals surface area contributed by atoms with Gasteiger partial charge in [-0.25, -0.2) is 0 Å². The molecule has 0 spiro atoms. The van der Waals surface area contributed by atoms with E-state index >= 15 is 0 Å². The molecule has 0 heterocycles. The van der Waals surface area contributed by atoms with Crippen LogP contribution in [0.25, 0.3) is 0 Å². The van der Waals surface area contributed by atoms with Gasteiger partial charge in [0, 0.05) is 0 Å². The minimum atomic E-state index is 0.447. The number of fused-ring (bicyclic) bond motifs is 5. The van der Waals surface area contributed by atoms with Crippen molar-refractivity contribution in [2.75, 3.05) is 0 Å². The molecule has 2 bridgehead atoms. The van der Waals surface area contributed by atoms with E-state index in [0.717, 1.165) is 29.6 Å². The quantitative estimate of drug-likeness (QED) is 0.622. The lowest BCUT2D eigenvalue weighted by atomic mass is 9.36. The average molecular weight is 244 g/mol. The van der Waals surface area contributed by atoms with Gasteiger partial charge in [-0.05, 0) is 67.1 Å². The van der Waals surface area contributed by atoms with Gasteiger partial charge in [-0.15, -0.1) is 0 Å². The van der Waals surface area contributed by atoms with Crippen LogP contribution in [0.5, 0.6) is 0 Å². The summed E-state index contributed by atoms with van der Waals surface area (Å²) in [6.07, 6.45) is 9.34. The Morgan fingerprint density at radius 1 is 0.778 bits per heavy atom. The van der Waals surface area contributed by atoms with Crippen LogP contribution in [-0.2, 0) is 0 Å². The topological polar surface area (TPSA) is 0 Å². The van der Waals surface area contributed by atoms with Gasteiger partial charge in [0.15, 0.2) is 0 Å². The highest BCUT2D eigenvalue weighted by Crippen LogP contribution is 2.62. The second-order valence-electron chi connectivity index (χ2n) is 9.14. The second kappa shape index (κ2) is 4.06. The molecular weight excluding hydrogens is 214 g/mol. The zero-order chi connectivity index (χ0) is 13.1. The van der Waals surface area contributed by atoms with Crippen LogP contribution >= 0.6 is 0 Å². The molecule has 5 unspecified atom stereocenters. The van der Waals surface area contributed by atoms with Crippen LogP contribution in [0, 0.1) is 35.0 Å². The van der Waals surface area contributed by atoms with Crippen molar-refractivity contribution in [1.82, 2.24) is 0 Å². The molecule has 0 saturated heterocycles. The van der Waals surface area contributed by atoms with Crippen molar-refractivity contribution in [1.29, 1.82) is 0 Å². The second-order valence-corrected chi connectivity index (χ2v) is 9.14. The third kappa shape index (κ3) is 1.81. The molecule has 3 rings (SSSR count). The van der Waals surface area contributed by atoms with Gasteiger partial charge in [0.05, 0.1) is 0 Å². The predicted molar refractivity (Wildman–Crippen MR) is 84.4 cm³/mol. The number of hydrogen-bond acceptors (Lipinski definition) is 0. The molecule has 100 valence electrons. The Morgan fingerprint density at radius 2 is 1.39 bits per heavy atom. The lowest BCUT2D eigenvalue weighted by molar-refractivity contribution is 0.0882. The first kappa shape index (κ1) is 13.1. The Kier molecular flexibility index (Phi) is 2.96. The minimum Gasteiger partial charge on any atom is -0.0771 e. The zero-order valence-corrected chi connectivity index (χ0v) is 13.1. The Hall–Kier alpha value is 0.130. The van der Waals surface area contributed by atoms with Crippen molar-refractivity contribution >= 4 is 15.7 Å². The molecule has 0 aromatic rings. The molecule has 0 amide bonds. The molecule has 0 aromatic carbocycles. The molecule has 18 heavy (non-hydrogen) atoms. The normalized spacial score (nSPS) is 44.1. The van der Waals surface area contributed by atoms with Crippen LogP contribution in [0.3, 0.4) is 0 Å². The van der Waals surface area contributed by atoms with Gasteiger partial charge in [0.1, 0.15) is 15.7 Å². The third-order valence-corrected chi connectivity index (χ3v) is 7.63. The Labute approximate surface area is 115 Å². The Bertz CT molecular complexity index is 328. The first-order valence-corrected chi connectivity index (χ1v) is 8.30. The van der Waals surface area contributed by atoms with E-state index in [1.165, 1.54) is 6.42 Å². The van der Waals surface area contributed by atoms with Crippen molar-refractivity contribution in [2.24, 2.45) is 35.0 Å². The average Bonchev–Trinajstić information content (AvgIpc) is 2.87. The van der Waals surface area contributed by atoms with Crippen LogP contribution in [0.4, 0.5) is 0 Å². The van der Waals surface area contributed by atoms with Crippen LogP contribution in [-0.4, -0.2) is 15.7 Å². The summed E-state index contributed by atoms with van der Waals surface area (Å²) in [6.45, 7) is 7.33. The molecule has 0 aromatic heterocycles. The van der Waals surface area contributed by atoms with E-state index in [4.69, 9.17) is 0 Å². The molecular formula is C16H30B2. The molecule has 0 aliphatic heterocycles. The summed E-state index contributed by atoms with van der Waals surface area (Å²) in [4.78, 5) is 0. The first-order chi connectivity index (χ1) is 8.30. The van der Waals surface area contributed by atoms with Crippen molar-refractivity contribution in [3.63, 3.8) is 0 Å². The monoisotopic (exact) mass is 244 g/mol. The minimum absolute atomic E-state index is 0.447. The van der Waals surface area contributed by atoms with E-state index in [2.05, 4.69) is 36.5 Å². The summed E-state index contributed by atoms with van der Waals surface area (Å²) in [7, 11) is 5.07. The Balaban J connectivity index is 1.75. The summed E-state index contributed by atoms with van der Waals surface area (Å²) in [5, 5.41) is 0.500. The van der Waals surface area contributed by atoms with E-state index in [1.54, 1.807) is 32.1 Å². The molecule has 3 aliphatic carbocycles. The summed E-state index contributed by atoms with van der Waals surface area (Å²) in [5.74, 6) is 5.48. The summed E-state index contributed by atoms with van der Waals surface area (Å²) < 4.78 is 0. The maximum atomic E-state index is 2.53. The van der Waals surface area contributed by atoms with E-state index in [1.807, 2.05) is 0 Å². The molecule has 3 saturated carbocycles. The lowest BCUT2D eigenvalue weighted by Gasteiger charge is -2.51. The predicted octanol–water partition coefficient (Wildman–Crippen LogP) is 2.88. The molecule has 2 heteroatoms.